The second-order valence-electron chi connectivity index (χ2n) is 7.30. The van der Waals surface area contributed by atoms with Crippen LogP contribution in [0.3, 0.4) is 0 Å². The number of carbonyl (C=O) groups excluding carboxylic acids is 1. The number of carboxylic acids is 1. The SMILES string of the molecule is CS(=O)(=O)CNC(=O)c1cc([N+](=O)[O-])c(C(F)(F)F)cc1N.Nc1cc(C(F)(F)F)c([N+](=O)[O-])cc1C(=O)O. The zero-order chi connectivity index (χ0) is 30.7. The van der Waals surface area contributed by atoms with Crippen LogP contribution in [0.1, 0.15) is 31.8 Å². The Hall–Kier alpha value is -4.69. The van der Waals surface area contributed by atoms with Crippen molar-refractivity contribution in [3.8, 4) is 0 Å². The van der Waals surface area contributed by atoms with E-state index in [0.717, 1.165) is 6.26 Å². The Kier molecular flexibility index (Phi) is 9.43. The van der Waals surface area contributed by atoms with Crippen molar-refractivity contribution in [2.75, 3.05) is 23.6 Å². The first kappa shape index (κ1) is 32.3. The standard InChI is InChI=1S/C10H10F3N3O5S.C8H5F3N2O4/c1-22(20,21)4-15-9(17)5-2-8(16(18)19)6(3-7(5)14)10(11,12)13;9-8(10,11)4-2-5(12)3(7(14)15)1-6(4)13(16)17/h2-3H,4,14H2,1H3,(H,15,17);1-2H,12H2,(H,14,15). The summed E-state index contributed by atoms with van der Waals surface area (Å²) in [5.41, 5.74) is 1.78. The normalized spacial score (nSPS) is 11.7. The fraction of sp³-hybridized carbons (Fsp3) is 0.222. The van der Waals surface area contributed by atoms with Crippen LogP contribution in [0.15, 0.2) is 24.3 Å². The van der Waals surface area contributed by atoms with Gasteiger partial charge in [-0.1, -0.05) is 0 Å². The molecule has 0 heterocycles. The first-order valence-electron chi connectivity index (χ1n) is 9.46. The minimum atomic E-state index is -5.03. The number of carboxylic acid groups (broad SMARTS) is 1. The number of sulfone groups is 1. The molecule has 214 valence electrons. The van der Waals surface area contributed by atoms with Gasteiger partial charge < -0.3 is 21.9 Å². The monoisotopic (exact) mass is 591 g/mol. The molecule has 0 aliphatic carbocycles. The van der Waals surface area contributed by atoms with Crippen molar-refractivity contribution >= 4 is 44.5 Å². The molecule has 2 aromatic rings. The number of nitrogens with one attached hydrogen (secondary N) is 1. The van der Waals surface area contributed by atoms with Crippen molar-refractivity contribution in [1.82, 2.24) is 5.32 Å². The zero-order valence-corrected chi connectivity index (χ0v) is 19.8. The average molecular weight is 591 g/mol. The van der Waals surface area contributed by atoms with Crippen LogP contribution >= 0.6 is 0 Å². The zero-order valence-electron chi connectivity index (χ0n) is 19.0. The number of anilines is 2. The Labute approximate surface area is 212 Å². The molecular formula is C18H15F6N5O9S. The van der Waals surface area contributed by atoms with E-state index in [4.69, 9.17) is 16.6 Å². The molecule has 0 atom stereocenters. The van der Waals surface area contributed by atoms with Crippen molar-refractivity contribution in [2.45, 2.75) is 12.4 Å². The molecule has 14 nitrogen and oxygen atoms in total. The second-order valence-corrected chi connectivity index (χ2v) is 9.44. The molecule has 0 saturated heterocycles. The molecule has 21 heteroatoms. The molecule has 1 amide bonds. The van der Waals surface area contributed by atoms with Crippen molar-refractivity contribution in [3.05, 3.63) is 66.7 Å². The van der Waals surface area contributed by atoms with E-state index in [2.05, 4.69) is 0 Å². The van der Waals surface area contributed by atoms with Crippen LogP contribution in [-0.4, -0.2) is 47.4 Å². The van der Waals surface area contributed by atoms with Crippen LogP contribution in [0.2, 0.25) is 0 Å². The third kappa shape index (κ3) is 8.69. The van der Waals surface area contributed by atoms with Gasteiger partial charge in [-0.2, -0.15) is 26.3 Å². The number of carbonyl (C=O) groups is 2. The van der Waals surface area contributed by atoms with Gasteiger partial charge in [0.15, 0.2) is 9.84 Å². The van der Waals surface area contributed by atoms with Gasteiger partial charge in [-0.3, -0.25) is 25.0 Å². The number of nitrogens with two attached hydrogens (primary N) is 2. The number of nitro benzene ring substituents is 2. The molecule has 0 aromatic heterocycles. The van der Waals surface area contributed by atoms with Gasteiger partial charge in [0, 0.05) is 29.8 Å². The molecule has 0 saturated carbocycles. The van der Waals surface area contributed by atoms with Gasteiger partial charge >= 0.3 is 18.3 Å². The largest absolute Gasteiger partial charge is 0.478 e. The van der Waals surface area contributed by atoms with E-state index in [1.54, 1.807) is 0 Å². The Morgan fingerprint density at radius 1 is 0.872 bits per heavy atom. The topological polar surface area (TPSA) is 239 Å². The molecule has 0 radical (unpaired) electrons. The number of hydrogen-bond acceptors (Lipinski definition) is 10. The van der Waals surface area contributed by atoms with Gasteiger partial charge in [0.1, 0.15) is 17.0 Å². The maximum Gasteiger partial charge on any atom is 0.423 e. The van der Waals surface area contributed by atoms with Crippen LogP contribution in [0.5, 0.6) is 0 Å². The minimum Gasteiger partial charge on any atom is -0.478 e. The average Bonchev–Trinajstić information content (AvgIpc) is 2.75. The number of aromatic carboxylic acids is 1. The van der Waals surface area contributed by atoms with Crippen molar-refractivity contribution < 1.29 is 59.3 Å². The number of rotatable bonds is 6. The highest BCUT2D eigenvalue weighted by atomic mass is 32.2. The van der Waals surface area contributed by atoms with E-state index in [1.807, 2.05) is 5.32 Å². The van der Waals surface area contributed by atoms with Crippen LogP contribution < -0.4 is 16.8 Å². The predicted molar refractivity (Wildman–Crippen MR) is 119 cm³/mol. The van der Waals surface area contributed by atoms with Gasteiger partial charge in [0.05, 0.1) is 21.0 Å². The molecule has 0 spiro atoms. The van der Waals surface area contributed by atoms with Gasteiger partial charge in [0.25, 0.3) is 17.3 Å². The van der Waals surface area contributed by atoms with Gasteiger partial charge in [-0.15, -0.1) is 0 Å². The highest BCUT2D eigenvalue weighted by Gasteiger charge is 2.40. The van der Waals surface area contributed by atoms with Crippen LogP contribution in [-0.2, 0) is 22.2 Å². The number of hydrogen-bond donors (Lipinski definition) is 4. The molecule has 0 bridgehead atoms. The lowest BCUT2D eigenvalue weighted by atomic mass is 10.1. The number of amides is 1. The van der Waals surface area contributed by atoms with E-state index in [9.17, 15) is 64.6 Å². The maximum atomic E-state index is 12.7. The fourth-order valence-electron chi connectivity index (χ4n) is 2.64. The van der Waals surface area contributed by atoms with E-state index >= 15 is 0 Å². The van der Waals surface area contributed by atoms with E-state index in [0.29, 0.717) is 12.1 Å². The fourth-order valence-corrected chi connectivity index (χ4v) is 3.03. The van der Waals surface area contributed by atoms with E-state index < -0.39 is 94.8 Å². The Morgan fingerprint density at radius 2 is 1.23 bits per heavy atom. The van der Waals surface area contributed by atoms with Crippen LogP contribution in [0.25, 0.3) is 0 Å². The summed E-state index contributed by atoms with van der Waals surface area (Å²) >= 11 is 0. The summed E-state index contributed by atoms with van der Waals surface area (Å²) in [7, 11) is -3.58. The lowest BCUT2D eigenvalue weighted by Crippen LogP contribution is -2.29. The quantitative estimate of drug-likeness (QED) is 0.165. The Morgan fingerprint density at radius 3 is 1.54 bits per heavy atom. The van der Waals surface area contributed by atoms with E-state index in [1.165, 1.54) is 0 Å². The summed E-state index contributed by atoms with van der Waals surface area (Å²) in [6, 6.07) is 1.14. The number of nitro groups is 2. The van der Waals surface area contributed by atoms with E-state index in [-0.39, 0.29) is 12.1 Å². The highest BCUT2D eigenvalue weighted by Crippen LogP contribution is 2.39. The number of nitrogens with zero attached hydrogens (tertiary/aromatic N) is 2. The van der Waals surface area contributed by atoms with Gasteiger partial charge in [-0.05, 0) is 12.1 Å². The first-order chi connectivity index (χ1) is 17.5. The molecule has 0 aliphatic heterocycles. The molecule has 0 fully saturated rings. The summed E-state index contributed by atoms with van der Waals surface area (Å²) in [6.07, 6.45) is -9.20. The summed E-state index contributed by atoms with van der Waals surface area (Å²) in [5, 5.41) is 31.6. The number of alkyl halides is 6. The Bertz CT molecular complexity index is 1440. The Balaban J connectivity index is 0.000000403. The first-order valence-corrected chi connectivity index (χ1v) is 11.5. The highest BCUT2D eigenvalue weighted by molar-refractivity contribution is 7.90. The molecule has 0 unspecified atom stereocenters. The maximum absolute atomic E-state index is 12.7. The summed E-state index contributed by atoms with van der Waals surface area (Å²) in [5.74, 6) is -3.57. The molecule has 39 heavy (non-hydrogen) atoms. The minimum absolute atomic E-state index is 0.238. The van der Waals surface area contributed by atoms with Gasteiger partial charge in [-0.25, -0.2) is 13.2 Å². The molecule has 6 N–H and O–H groups in total. The lowest BCUT2D eigenvalue weighted by molar-refractivity contribution is -0.388. The van der Waals surface area contributed by atoms with Crippen LogP contribution in [0.4, 0.5) is 49.1 Å². The van der Waals surface area contributed by atoms with Crippen molar-refractivity contribution in [3.63, 3.8) is 0 Å². The summed E-state index contributed by atoms with van der Waals surface area (Å²) in [4.78, 5) is 40.8. The van der Waals surface area contributed by atoms with Gasteiger partial charge in [0.2, 0.25) is 0 Å². The number of nitrogen functional groups attached to an aromatic ring is 2. The number of benzene rings is 2. The third-order valence-corrected chi connectivity index (χ3v) is 4.98. The summed E-state index contributed by atoms with van der Waals surface area (Å²) < 4.78 is 97.1. The van der Waals surface area contributed by atoms with Crippen molar-refractivity contribution in [2.24, 2.45) is 0 Å². The smallest absolute Gasteiger partial charge is 0.423 e. The van der Waals surface area contributed by atoms with Crippen LogP contribution in [0, 0.1) is 20.2 Å². The summed E-state index contributed by atoms with van der Waals surface area (Å²) in [6.45, 7) is 0. The lowest BCUT2D eigenvalue weighted by Gasteiger charge is -2.11. The molecule has 2 aromatic carbocycles. The number of halogens is 6. The third-order valence-electron chi connectivity index (χ3n) is 4.31. The predicted octanol–water partition coefficient (Wildman–Crippen LogP) is 2.82. The second kappa shape index (κ2) is 11.4. The molecule has 2 rings (SSSR count). The van der Waals surface area contributed by atoms with Crippen molar-refractivity contribution in [1.29, 1.82) is 0 Å². The molecule has 0 aliphatic rings. The molecular weight excluding hydrogens is 576 g/mol.